The highest BCUT2D eigenvalue weighted by Gasteiger charge is 2.06. The molecule has 172 valence electrons. The first-order chi connectivity index (χ1) is 13.5. The average Bonchev–Trinajstić information content (AvgIpc) is 2.70. The van der Waals surface area contributed by atoms with Gasteiger partial charge in [0.15, 0.2) is 0 Å². The van der Waals surface area contributed by atoms with Crippen LogP contribution in [0.25, 0.3) is 0 Å². The van der Waals surface area contributed by atoms with Crippen molar-refractivity contribution in [3.63, 3.8) is 0 Å². The minimum atomic E-state index is -0.200. The lowest BCUT2D eigenvalue weighted by Crippen LogP contribution is -2.31. The molecule has 0 aliphatic rings. The number of carbonyl (C=O) groups excluding carboxylic acids is 3. The Labute approximate surface area is 174 Å². The molecule has 0 saturated heterocycles. The Morgan fingerprint density at radius 1 is 0.786 bits per heavy atom. The van der Waals surface area contributed by atoms with Crippen LogP contribution in [-0.2, 0) is 28.6 Å². The zero-order valence-electron chi connectivity index (χ0n) is 18.9. The van der Waals surface area contributed by atoms with E-state index in [4.69, 9.17) is 9.47 Å². The monoisotopic (exact) mass is 410 g/mol. The fraction of sp³-hybridized carbons (Fsp3) is 0.850. The summed E-state index contributed by atoms with van der Waals surface area (Å²) in [6, 6.07) is 0. The number of amides is 2. The van der Waals surface area contributed by atoms with Crippen LogP contribution < -0.4 is 10.6 Å². The summed E-state index contributed by atoms with van der Waals surface area (Å²) < 4.78 is 15.2. The third-order valence-corrected chi connectivity index (χ3v) is 3.02. The van der Waals surface area contributed by atoms with E-state index in [0.717, 1.165) is 0 Å². The molecule has 8 heteroatoms. The molecule has 0 aliphatic heterocycles. The molecule has 0 unspecified atom stereocenters. The van der Waals surface area contributed by atoms with Gasteiger partial charge in [-0.1, -0.05) is 41.5 Å². The maximum absolute atomic E-state index is 11.5. The molecule has 0 aromatic heterocycles. The standard InChI is InChI=1S/C16H30N2O6.2C2H6.2H2/c1-13(2)14(19)4-8-23-10-6-17-15(20)5-9-24-11-7-18-16(21)12-22-3;2*1-2;;/h13H,4-12H2,1-3H3,(H,17,20)(H,18,21);2*1-2H3;2*1H. The molecule has 0 spiro atoms. The topological polar surface area (TPSA) is 103 Å². The predicted molar refractivity (Wildman–Crippen MR) is 116 cm³/mol. The Balaban J connectivity index is -0.000000325. The summed E-state index contributed by atoms with van der Waals surface area (Å²) in [6.07, 6.45) is 0.651. The van der Waals surface area contributed by atoms with Gasteiger partial charge in [0.25, 0.3) is 0 Å². The van der Waals surface area contributed by atoms with Crippen LogP contribution >= 0.6 is 0 Å². The minimum Gasteiger partial charge on any atom is -0.379 e. The third kappa shape index (κ3) is 24.5. The highest BCUT2D eigenvalue weighted by atomic mass is 16.5. The van der Waals surface area contributed by atoms with Gasteiger partial charge in [0.1, 0.15) is 12.4 Å². The van der Waals surface area contributed by atoms with Gasteiger partial charge in [-0.15, -0.1) is 0 Å². The van der Waals surface area contributed by atoms with Gasteiger partial charge in [-0.2, -0.15) is 0 Å². The zero-order chi connectivity index (χ0) is 22.2. The normalized spacial score (nSPS) is 9.57. The molecule has 0 fully saturated rings. The summed E-state index contributed by atoms with van der Waals surface area (Å²) in [5.41, 5.74) is 0. The molecule has 8 nitrogen and oxygen atoms in total. The van der Waals surface area contributed by atoms with Gasteiger partial charge in [-0.05, 0) is 0 Å². The Bertz CT molecular complexity index is 386. The van der Waals surface area contributed by atoms with Gasteiger partial charge in [0.2, 0.25) is 11.8 Å². The summed E-state index contributed by atoms with van der Waals surface area (Å²) in [5.74, 6) is -0.120. The highest BCUT2D eigenvalue weighted by molar-refractivity contribution is 5.80. The van der Waals surface area contributed by atoms with Crippen molar-refractivity contribution >= 4 is 17.6 Å². The smallest absolute Gasteiger partial charge is 0.246 e. The van der Waals surface area contributed by atoms with Crippen molar-refractivity contribution in [1.82, 2.24) is 10.6 Å². The minimum absolute atomic E-state index is 0. The number of nitrogens with one attached hydrogen (secondary N) is 2. The molecule has 0 aliphatic carbocycles. The van der Waals surface area contributed by atoms with Crippen molar-refractivity contribution < 1.29 is 31.4 Å². The van der Waals surface area contributed by atoms with Crippen LogP contribution in [-0.4, -0.2) is 70.8 Å². The molecular formula is C20H46N2O6. The molecule has 0 saturated carbocycles. The third-order valence-electron chi connectivity index (χ3n) is 3.02. The second kappa shape index (κ2) is 25.5. The fourth-order valence-electron chi connectivity index (χ4n) is 1.63. The molecule has 0 aromatic carbocycles. The summed E-state index contributed by atoms with van der Waals surface area (Å²) >= 11 is 0. The van der Waals surface area contributed by atoms with Crippen LogP contribution in [0.1, 0.15) is 57.2 Å². The number of rotatable bonds is 15. The second-order valence-corrected chi connectivity index (χ2v) is 5.48. The molecule has 28 heavy (non-hydrogen) atoms. The number of methoxy groups -OCH3 is 1. The largest absolute Gasteiger partial charge is 0.379 e. The Morgan fingerprint density at radius 3 is 1.71 bits per heavy atom. The zero-order valence-corrected chi connectivity index (χ0v) is 18.9. The first-order valence-electron chi connectivity index (χ1n) is 10.2. The van der Waals surface area contributed by atoms with Crippen LogP contribution in [0.5, 0.6) is 0 Å². The van der Waals surface area contributed by atoms with Gasteiger partial charge >= 0.3 is 0 Å². The quantitative estimate of drug-likeness (QED) is 0.402. The van der Waals surface area contributed by atoms with E-state index in [1.165, 1.54) is 7.11 Å². The van der Waals surface area contributed by atoms with E-state index in [1.807, 2.05) is 41.5 Å². The van der Waals surface area contributed by atoms with Crippen LogP contribution in [0, 0.1) is 5.92 Å². The molecule has 0 rings (SSSR count). The summed E-state index contributed by atoms with van der Waals surface area (Å²) in [7, 11) is 1.45. The van der Waals surface area contributed by atoms with Gasteiger partial charge in [0, 0.05) is 41.8 Å². The van der Waals surface area contributed by atoms with Crippen molar-refractivity contribution in [2.75, 3.05) is 53.2 Å². The molecule has 2 N–H and O–H groups in total. The number of carbonyl (C=O) groups is 3. The molecule has 0 atom stereocenters. The average molecular weight is 411 g/mol. The van der Waals surface area contributed by atoms with E-state index < -0.39 is 0 Å². The van der Waals surface area contributed by atoms with Gasteiger partial charge < -0.3 is 24.8 Å². The van der Waals surface area contributed by atoms with Crippen molar-refractivity contribution in [3.8, 4) is 0 Å². The molecule has 0 radical (unpaired) electrons. The van der Waals surface area contributed by atoms with Crippen LogP contribution in [0.15, 0.2) is 0 Å². The summed E-state index contributed by atoms with van der Waals surface area (Å²) in [6.45, 7) is 13.9. The van der Waals surface area contributed by atoms with E-state index in [1.54, 1.807) is 0 Å². The number of hydrogen-bond donors (Lipinski definition) is 2. The van der Waals surface area contributed by atoms with Crippen LogP contribution in [0.4, 0.5) is 0 Å². The van der Waals surface area contributed by atoms with Crippen molar-refractivity contribution in [1.29, 1.82) is 0 Å². The lowest BCUT2D eigenvalue weighted by Gasteiger charge is -2.08. The van der Waals surface area contributed by atoms with Gasteiger partial charge in [0.05, 0.1) is 26.4 Å². The maximum atomic E-state index is 11.5. The summed E-state index contributed by atoms with van der Waals surface area (Å²) in [5, 5.41) is 5.31. The Morgan fingerprint density at radius 2 is 1.25 bits per heavy atom. The Kier molecular flexibility index (Phi) is 28.4. The number of Topliss-reactive ketones (excluding diaryl/α,β-unsaturated/α-hetero) is 1. The van der Waals surface area contributed by atoms with Crippen LogP contribution in [0.2, 0.25) is 0 Å². The van der Waals surface area contributed by atoms with E-state index in [9.17, 15) is 14.4 Å². The van der Waals surface area contributed by atoms with Gasteiger partial charge in [-0.3, -0.25) is 14.4 Å². The molecule has 0 heterocycles. The lowest BCUT2D eigenvalue weighted by molar-refractivity contribution is -0.125. The van der Waals surface area contributed by atoms with Crippen molar-refractivity contribution in [2.45, 2.75) is 54.4 Å². The number of ketones is 1. The van der Waals surface area contributed by atoms with Crippen molar-refractivity contribution in [3.05, 3.63) is 0 Å². The summed E-state index contributed by atoms with van der Waals surface area (Å²) in [4.78, 5) is 33.9. The van der Waals surface area contributed by atoms with E-state index in [2.05, 4.69) is 15.4 Å². The van der Waals surface area contributed by atoms with E-state index in [-0.39, 0.29) is 46.0 Å². The van der Waals surface area contributed by atoms with Crippen molar-refractivity contribution in [2.24, 2.45) is 5.92 Å². The van der Waals surface area contributed by atoms with E-state index >= 15 is 0 Å². The molecule has 0 bridgehead atoms. The second-order valence-electron chi connectivity index (χ2n) is 5.48. The first kappa shape index (κ1) is 31.2. The Hall–Kier alpha value is -1.51. The lowest BCUT2D eigenvalue weighted by atomic mass is 10.1. The highest BCUT2D eigenvalue weighted by Crippen LogP contribution is 1.98. The number of hydrogen-bond acceptors (Lipinski definition) is 6. The fourth-order valence-corrected chi connectivity index (χ4v) is 1.63. The van der Waals surface area contributed by atoms with E-state index in [0.29, 0.717) is 39.3 Å². The molecule has 2 amide bonds. The predicted octanol–water partition coefficient (Wildman–Crippen LogP) is 2.45. The molecule has 0 aromatic rings. The van der Waals surface area contributed by atoms with Crippen LogP contribution in [0.3, 0.4) is 0 Å². The maximum Gasteiger partial charge on any atom is 0.246 e. The number of ether oxygens (including phenoxy) is 3. The SMILES string of the molecule is CC.CC.COCC(=O)NCCOCCC(=O)NCCOCCC(=O)C(C)C.[HH].[HH]. The van der Waals surface area contributed by atoms with Gasteiger partial charge in [-0.25, -0.2) is 0 Å². The first-order valence-corrected chi connectivity index (χ1v) is 10.2. The molecular weight excluding hydrogens is 364 g/mol.